The van der Waals surface area contributed by atoms with Crippen molar-refractivity contribution in [2.75, 3.05) is 13.1 Å². The Kier molecular flexibility index (Phi) is 19.2. The number of nitrogens with zero attached hydrogens (tertiary/aromatic N) is 2. The molecule has 9 unspecified atom stereocenters. The first-order chi connectivity index (χ1) is 25.9. The van der Waals surface area contributed by atoms with Gasteiger partial charge in [0, 0.05) is 19.5 Å². The minimum absolute atomic E-state index is 0.0788. The third kappa shape index (κ3) is 13.8. The normalized spacial score (nSPS) is 20.8. The molecule has 9 atom stereocenters. The van der Waals surface area contributed by atoms with Crippen LogP contribution in [0.4, 0.5) is 0 Å². The van der Waals surface area contributed by atoms with E-state index in [1.165, 1.54) is 23.6 Å². The Hall–Kier alpha value is -4.12. The number of rotatable bonds is 21. The van der Waals surface area contributed by atoms with Crippen LogP contribution in [0.1, 0.15) is 113 Å². The van der Waals surface area contributed by atoms with Crippen molar-refractivity contribution in [3.8, 4) is 0 Å². The minimum Gasteiger partial charge on any atom is -0.391 e. The largest absolute Gasteiger partial charge is 0.391 e. The lowest BCUT2D eigenvalue weighted by Crippen LogP contribution is -2.61. The second-order valence-corrected chi connectivity index (χ2v) is 15.7. The molecule has 55 heavy (non-hydrogen) atoms. The summed E-state index contributed by atoms with van der Waals surface area (Å²) in [5.74, 6) is -4.45. The fourth-order valence-corrected chi connectivity index (χ4v) is 6.96. The zero-order valence-corrected chi connectivity index (χ0v) is 33.8. The number of amides is 7. The monoisotopic (exact) mass is 779 g/mol. The Bertz CT molecular complexity index is 1360. The molecule has 0 saturated carbocycles. The molecule has 2 heterocycles. The van der Waals surface area contributed by atoms with Crippen molar-refractivity contribution in [1.29, 1.82) is 0 Å². The molecule has 2 aliphatic rings. The molecule has 2 rings (SSSR count). The van der Waals surface area contributed by atoms with E-state index in [-0.39, 0.29) is 56.4 Å². The summed E-state index contributed by atoms with van der Waals surface area (Å²) in [6, 6.07) is -7.64. The first-order valence-corrected chi connectivity index (χ1v) is 19.8. The highest BCUT2D eigenvalue weighted by Crippen LogP contribution is 2.22. The number of hydrogen-bond donors (Lipinski definition) is 7. The molecular formula is C38H65N7O10. The van der Waals surface area contributed by atoms with Crippen LogP contribution in [0.2, 0.25) is 0 Å². The smallest absolute Gasteiger partial charge is 0.248 e. The van der Waals surface area contributed by atoms with E-state index in [1.54, 1.807) is 6.92 Å². The maximum atomic E-state index is 14.1. The second kappa shape index (κ2) is 22.4. The summed E-state index contributed by atoms with van der Waals surface area (Å²) in [5, 5.41) is 34.1. The van der Waals surface area contributed by atoms with E-state index in [0.29, 0.717) is 38.5 Å². The number of aldehydes is 1. The van der Waals surface area contributed by atoms with Crippen LogP contribution in [0.15, 0.2) is 0 Å². The Morgan fingerprint density at radius 1 is 0.655 bits per heavy atom. The zero-order chi connectivity index (χ0) is 41.6. The van der Waals surface area contributed by atoms with Crippen molar-refractivity contribution in [1.82, 2.24) is 36.4 Å². The van der Waals surface area contributed by atoms with Gasteiger partial charge in [0.1, 0.15) is 42.5 Å². The van der Waals surface area contributed by atoms with E-state index in [1.807, 2.05) is 34.6 Å². The molecule has 2 aliphatic heterocycles. The summed E-state index contributed by atoms with van der Waals surface area (Å²) in [5.41, 5.74) is 0. The van der Waals surface area contributed by atoms with Gasteiger partial charge in [-0.2, -0.15) is 0 Å². The lowest BCUT2D eigenvalue weighted by atomic mass is 9.99. The van der Waals surface area contributed by atoms with Crippen molar-refractivity contribution in [2.24, 2.45) is 11.8 Å². The van der Waals surface area contributed by atoms with Gasteiger partial charge in [-0.1, -0.05) is 41.5 Å². The Morgan fingerprint density at radius 3 is 1.75 bits per heavy atom. The lowest BCUT2D eigenvalue weighted by molar-refractivity contribution is -0.145. The van der Waals surface area contributed by atoms with Gasteiger partial charge in [-0.3, -0.25) is 33.6 Å². The Balaban J connectivity index is 2.25. The van der Waals surface area contributed by atoms with Gasteiger partial charge in [-0.15, -0.1) is 0 Å². The van der Waals surface area contributed by atoms with Crippen LogP contribution < -0.4 is 26.6 Å². The van der Waals surface area contributed by atoms with E-state index in [4.69, 9.17) is 0 Å². The van der Waals surface area contributed by atoms with Crippen molar-refractivity contribution in [3.05, 3.63) is 0 Å². The first kappa shape index (κ1) is 47.0. The molecule has 0 aromatic heterocycles. The third-order valence-electron chi connectivity index (χ3n) is 9.89. The summed E-state index contributed by atoms with van der Waals surface area (Å²) in [7, 11) is 0. The number of carbonyl (C=O) groups is 8. The number of aliphatic hydroxyl groups is 2. The zero-order valence-electron chi connectivity index (χ0n) is 33.8. The molecule has 0 radical (unpaired) electrons. The van der Waals surface area contributed by atoms with Gasteiger partial charge in [0.2, 0.25) is 41.4 Å². The molecular weight excluding hydrogens is 714 g/mol. The second-order valence-electron chi connectivity index (χ2n) is 15.7. The Labute approximate surface area is 324 Å². The van der Waals surface area contributed by atoms with Crippen LogP contribution in [-0.4, -0.2) is 135 Å². The number of hydrogen-bond acceptors (Lipinski definition) is 10. The molecule has 0 aromatic carbocycles. The highest BCUT2D eigenvalue weighted by atomic mass is 16.3. The van der Waals surface area contributed by atoms with Gasteiger partial charge in [0.15, 0.2) is 0 Å². The average molecular weight is 780 g/mol. The van der Waals surface area contributed by atoms with Gasteiger partial charge < -0.3 is 51.4 Å². The topological polar surface area (TPSA) is 244 Å². The van der Waals surface area contributed by atoms with E-state index in [0.717, 1.165) is 0 Å². The van der Waals surface area contributed by atoms with Crippen LogP contribution in [0.25, 0.3) is 0 Å². The van der Waals surface area contributed by atoms with Crippen LogP contribution in [-0.2, 0) is 38.4 Å². The van der Waals surface area contributed by atoms with Gasteiger partial charge in [-0.25, -0.2) is 0 Å². The number of aliphatic hydroxyl groups excluding tert-OH is 2. The van der Waals surface area contributed by atoms with Crippen molar-refractivity contribution in [3.63, 3.8) is 0 Å². The van der Waals surface area contributed by atoms with E-state index >= 15 is 0 Å². The Morgan fingerprint density at radius 2 is 1.20 bits per heavy atom. The van der Waals surface area contributed by atoms with Crippen molar-refractivity contribution in [2.45, 2.75) is 168 Å². The van der Waals surface area contributed by atoms with E-state index in [2.05, 4.69) is 26.6 Å². The molecule has 7 amide bonds. The quantitative estimate of drug-likeness (QED) is 0.0748. The fraction of sp³-hybridized carbons (Fsp3) is 0.789. The number of likely N-dealkylation sites (tertiary alicyclic amines) is 2. The summed E-state index contributed by atoms with van der Waals surface area (Å²) >= 11 is 0. The predicted octanol–water partition coefficient (Wildman–Crippen LogP) is -0.345. The molecule has 0 aliphatic carbocycles. The molecule has 17 nitrogen and oxygen atoms in total. The molecule has 0 spiro atoms. The van der Waals surface area contributed by atoms with Gasteiger partial charge >= 0.3 is 0 Å². The highest BCUT2D eigenvalue weighted by molar-refractivity contribution is 5.97. The van der Waals surface area contributed by atoms with Crippen molar-refractivity contribution < 1.29 is 48.6 Å². The molecule has 2 saturated heterocycles. The molecule has 17 heteroatoms. The summed E-state index contributed by atoms with van der Waals surface area (Å²) in [6.45, 7) is 14.1. The van der Waals surface area contributed by atoms with Crippen LogP contribution in [0.3, 0.4) is 0 Å². The summed E-state index contributed by atoms with van der Waals surface area (Å²) in [4.78, 5) is 108. The highest BCUT2D eigenvalue weighted by Gasteiger charge is 2.42. The molecule has 312 valence electrons. The first-order valence-electron chi connectivity index (χ1n) is 19.8. The SMILES string of the molecule is CCCC(=O)NC(CC)C(=O)NC(C(=O)NC(CC(C)C)C(=O)NC(CC(C)C)C(=O)N1CCCC1C(=O)NC(C(=O)N1CCCC1C=O)C(C)O)C(C)O. The summed E-state index contributed by atoms with van der Waals surface area (Å²) in [6.07, 6.45) is 1.26. The summed E-state index contributed by atoms with van der Waals surface area (Å²) < 4.78 is 0. The van der Waals surface area contributed by atoms with Crippen LogP contribution in [0.5, 0.6) is 0 Å². The maximum Gasteiger partial charge on any atom is 0.248 e. The molecule has 0 aromatic rings. The molecule has 0 bridgehead atoms. The fourth-order valence-electron chi connectivity index (χ4n) is 6.96. The standard InChI is InChI=1S/C38H65N7O10/c1-9-13-30(49)39-26(10-2)33(50)42-31(23(7)47)36(53)40-27(18-21(3)4)34(51)41-28(19-22(5)6)37(54)45-17-12-15-29(45)35(52)43-32(24(8)48)38(55)44-16-11-14-25(44)20-46/h20-29,31-32,47-48H,9-19H2,1-8H3,(H,39,49)(H,40,53)(H,41,51)(H,42,50)(H,43,52). The lowest BCUT2D eigenvalue weighted by Gasteiger charge is -2.33. The molecule has 2 fully saturated rings. The van der Waals surface area contributed by atoms with E-state index < -0.39 is 89.9 Å². The van der Waals surface area contributed by atoms with Gasteiger partial charge in [0.05, 0.1) is 18.2 Å². The maximum absolute atomic E-state index is 14.1. The minimum atomic E-state index is -1.46. The number of carbonyl (C=O) groups excluding carboxylic acids is 8. The molecule has 7 N–H and O–H groups in total. The van der Waals surface area contributed by atoms with Crippen LogP contribution >= 0.6 is 0 Å². The van der Waals surface area contributed by atoms with Gasteiger partial charge in [-0.05, 0) is 77.0 Å². The average Bonchev–Trinajstić information content (AvgIpc) is 3.80. The third-order valence-corrected chi connectivity index (χ3v) is 9.89. The van der Waals surface area contributed by atoms with Crippen LogP contribution in [0, 0.1) is 11.8 Å². The number of nitrogens with one attached hydrogen (secondary N) is 5. The van der Waals surface area contributed by atoms with E-state index in [9.17, 15) is 48.6 Å². The van der Waals surface area contributed by atoms with Crippen molar-refractivity contribution >= 4 is 47.6 Å². The van der Waals surface area contributed by atoms with Gasteiger partial charge in [0.25, 0.3) is 0 Å². The predicted molar refractivity (Wildman–Crippen MR) is 203 cm³/mol.